The maximum Gasteiger partial charge on any atom is 0.168 e. The lowest BCUT2D eigenvalue weighted by Crippen LogP contribution is -2.48. The van der Waals surface area contributed by atoms with E-state index < -0.39 is 0 Å². The van der Waals surface area contributed by atoms with Crippen molar-refractivity contribution in [1.29, 1.82) is 0 Å². The van der Waals surface area contributed by atoms with Crippen LogP contribution in [0, 0.1) is 0 Å². The molecule has 8 heteroatoms. The molecule has 0 N–H and O–H groups in total. The van der Waals surface area contributed by atoms with Gasteiger partial charge in [0.05, 0.1) is 23.3 Å². The summed E-state index contributed by atoms with van der Waals surface area (Å²) in [7, 11) is 0. The normalized spacial score (nSPS) is 15.3. The van der Waals surface area contributed by atoms with Crippen LogP contribution < -0.4 is 4.90 Å². The second-order valence-corrected chi connectivity index (χ2v) is 9.73. The topological polar surface area (TPSA) is 50.1 Å². The van der Waals surface area contributed by atoms with Gasteiger partial charge in [-0.3, -0.25) is 4.90 Å². The number of benzene rings is 3. The highest BCUT2D eigenvalue weighted by Crippen LogP contribution is 2.32. The quantitative estimate of drug-likeness (QED) is 0.286. The van der Waals surface area contributed by atoms with Gasteiger partial charge in [0, 0.05) is 36.2 Å². The second-order valence-electron chi connectivity index (χ2n) is 8.86. The summed E-state index contributed by atoms with van der Waals surface area (Å²) >= 11 is 12.3. The highest BCUT2D eigenvalue weighted by molar-refractivity contribution is 6.30. The number of nitrogens with zero attached hydrogens (tertiary/aromatic N) is 6. The maximum absolute atomic E-state index is 6.19. The van der Waals surface area contributed by atoms with Crippen molar-refractivity contribution in [3.63, 3.8) is 0 Å². The molecule has 0 unspecified atom stereocenters. The fourth-order valence-corrected chi connectivity index (χ4v) is 5.19. The summed E-state index contributed by atoms with van der Waals surface area (Å²) < 4.78 is 1.83. The largest absolute Gasteiger partial charge is 0.353 e. The first kappa shape index (κ1) is 23.0. The number of hydrogen-bond acceptors (Lipinski definition) is 5. The Labute approximate surface area is 219 Å². The monoisotopic (exact) mass is 514 g/mol. The van der Waals surface area contributed by atoms with E-state index >= 15 is 0 Å². The summed E-state index contributed by atoms with van der Waals surface area (Å²) in [4.78, 5) is 14.1. The van der Waals surface area contributed by atoms with Gasteiger partial charge in [0.1, 0.15) is 12.1 Å². The fourth-order valence-electron chi connectivity index (χ4n) is 4.94. The average molecular weight is 515 g/mol. The molecule has 36 heavy (non-hydrogen) atoms. The van der Waals surface area contributed by atoms with Crippen molar-refractivity contribution in [3.8, 4) is 5.69 Å². The van der Waals surface area contributed by atoms with Gasteiger partial charge in [-0.05, 0) is 47.5 Å². The zero-order valence-corrected chi connectivity index (χ0v) is 21.0. The molecule has 0 saturated carbocycles. The highest BCUT2D eigenvalue weighted by atomic mass is 35.5. The number of hydrogen-bond donors (Lipinski definition) is 0. The van der Waals surface area contributed by atoms with Crippen LogP contribution in [0.25, 0.3) is 16.7 Å². The first-order chi connectivity index (χ1) is 17.7. The first-order valence-electron chi connectivity index (χ1n) is 11.9. The van der Waals surface area contributed by atoms with E-state index in [0.717, 1.165) is 53.7 Å². The molecular weight excluding hydrogens is 491 g/mol. The lowest BCUT2D eigenvalue weighted by Gasteiger charge is -2.40. The second kappa shape index (κ2) is 9.90. The summed E-state index contributed by atoms with van der Waals surface area (Å²) in [6, 6.07) is 26.6. The Balaban J connectivity index is 1.26. The van der Waals surface area contributed by atoms with Crippen molar-refractivity contribution in [2.75, 3.05) is 31.1 Å². The van der Waals surface area contributed by atoms with E-state index in [1.54, 1.807) is 6.33 Å². The van der Waals surface area contributed by atoms with Crippen LogP contribution >= 0.6 is 23.2 Å². The number of rotatable bonds is 5. The highest BCUT2D eigenvalue weighted by Gasteiger charge is 2.28. The fraction of sp³-hybridized carbons (Fsp3) is 0.179. The van der Waals surface area contributed by atoms with Crippen LogP contribution in [0.1, 0.15) is 17.2 Å². The van der Waals surface area contributed by atoms with Crippen LogP contribution in [0.2, 0.25) is 10.0 Å². The Hall–Kier alpha value is -3.45. The molecule has 2 aromatic heterocycles. The Kier molecular flexibility index (Phi) is 6.32. The molecule has 6 nitrogen and oxygen atoms in total. The minimum absolute atomic E-state index is 0.170. The predicted molar refractivity (Wildman–Crippen MR) is 145 cm³/mol. The van der Waals surface area contributed by atoms with Crippen molar-refractivity contribution >= 4 is 40.1 Å². The van der Waals surface area contributed by atoms with Crippen LogP contribution in [-0.2, 0) is 0 Å². The van der Waals surface area contributed by atoms with Crippen LogP contribution in [0.4, 0.5) is 5.82 Å². The van der Waals surface area contributed by atoms with Crippen LogP contribution in [0.5, 0.6) is 0 Å². The van der Waals surface area contributed by atoms with Gasteiger partial charge in [-0.25, -0.2) is 14.6 Å². The summed E-state index contributed by atoms with van der Waals surface area (Å²) in [6.07, 6.45) is 3.48. The van der Waals surface area contributed by atoms with E-state index in [2.05, 4.69) is 67.3 Å². The van der Waals surface area contributed by atoms with E-state index in [0.29, 0.717) is 5.02 Å². The third-order valence-electron chi connectivity index (χ3n) is 6.70. The molecule has 1 aliphatic heterocycles. The molecule has 3 aromatic carbocycles. The maximum atomic E-state index is 6.19. The Bertz CT molecular complexity index is 1460. The SMILES string of the molecule is Clc1ccc([C@H](c2ccccc2)N2CCN(c3ncnc4c3cnn4-c3ccc(Cl)cc3)CC2)cc1. The molecule has 0 bridgehead atoms. The molecule has 0 spiro atoms. The van der Waals surface area contributed by atoms with Crippen molar-refractivity contribution in [2.24, 2.45) is 0 Å². The molecule has 1 atom stereocenters. The van der Waals surface area contributed by atoms with Gasteiger partial charge in [0.15, 0.2) is 5.65 Å². The van der Waals surface area contributed by atoms with Crippen molar-refractivity contribution in [2.45, 2.75) is 6.04 Å². The van der Waals surface area contributed by atoms with Gasteiger partial charge in [-0.15, -0.1) is 0 Å². The van der Waals surface area contributed by atoms with Crippen LogP contribution in [-0.4, -0.2) is 50.8 Å². The van der Waals surface area contributed by atoms with E-state index in [9.17, 15) is 0 Å². The zero-order valence-electron chi connectivity index (χ0n) is 19.5. The van der Waals surface area contributed by atoms with Gasteiger partial charge in [-0.1, -0.05) is 65.7 Å². The molecular formula is C28H24Cl2N6. The van der Waals surface area contributed by atoms with Crippen molar-refractivity contribution in [1.82, 2.24) is 24.6 Å². The number of piperazine rings is 1. The Morgan fingerprint density at radius 3 is 2.03 bits per heavy atom. The third kappa shape index (κ3) is 4.44. The van der Waals surface area contributed by atoms with E-state index in [-0.39, 0.29) is 6.04 Å². The lowest BCUT2D eigenvalue weighted by atomic mass is 9.96. The Morgan fingerprint density at radius 2 is 1.33 bits per heavy atom. The molecule has 1 aliphatic rings. The number of halogens is 2. The average Bonchev–Trinajstić information content (AvgIpc) is 3.36. The van der Waals surface area contributed by atoms with Crippen molar-refractivity contribution in [3.05, 3.63) is 113 Å². The van der Waals surface area contributed by atoms with Crippen LogP contribution in [0.15, 0.2) is 91.4 Å². The third-order valence-corrected chi connectivity index (χ3v) is 7.20. The lowest BCUT2D eigenvalue weighted by molar-refractivity contribution is 0.212. The van der Waals surface area contributed by atoms with Crippen molar-refractivity contribution < 1.29 is 0 Å². The minimum Gasteiger partial charge on any atom is -0.353 e. The molecule has 0 aliphatic carbocycles. The van der Waals surface area contributed by atoms with Gasteiger partial charge in [0.25, 0.3) is 0 Å². The van der Waals surface area contributed by atoms with E-state index in [1.165, 1.54) is 11.1 Å². The van der Waals surface area contributed by atoms with E-state index in [4.69, 9.17) is 23.2 Å². The molecule has 180 valence electrons. The molecule has 1 saturated heterocycles. The molecule has 0 radical (unpaired) electrons. The summed E-state index contributed by atoms with van der Waals surface area (Å²) in [5.74, 6) is 0.919. The van der Waals surface area contributed by atoms with Crippen LogP contribution in [0.3, 0.4) is 0 Å². The van der Waals surface area contributed by atoms with Gasteiger partial charge in [-0.2, -0.15) is 5.10 Å². The Morgan fingerprint density at radius 1 is 0.694 bits per heavy atom. The molecule has 1 fully saturated rings. The van der Waals surface area contributed by atoms with Gasteiger partial charge in [0.2, 0.25) is 0 Å². The number of aromatic nitrogens is 4. The van der Waals surface area contributed by atoms with Gasteiger partial charge >= 0.3 is 0 Å². The summed E-state index contributed by atoms with van der Waals surface area (Å²) in [5.41, 5.74) is 4.22. The smallest absolute Gasteiger partial charge is 0.168 e. The predicted octanol–water partition coefficient (Wildman–Crippen LogP) is 6.03. The molecule has 6 rings (SSSR count). The first-order valence-corrected chi connectivity index (χ1v) is 12.7. The molecule has 0 amide bonds. The van der Waals surface area contributed by atoms with E-state index in [1.807, 2.05) is 47.3 Å². The number of fused-ring (bicyclic) bond motifs is 1. The number of anilines is 1. The molecule has 5 aromatic rings. The standard InChI is InChI=1S/C28H24Cl2N6/c29-22-8-6-21(7-9-22)26(20-4-2-1-3-5-20)34-14-16-35(17-15-34)27-25-18-33-36(28(25)32-19-31-27)24-12-10-23(30)11-13-24/h1-13,18-19,26H,14-17H2/t26-/m0/s1. The molecule has 3 heterocycles. The zero-order chi connectivity index (χ0) is 24.5. The minimum atomic E-state index is 0.170. The van der Waals surface area contributed by atoms with Gasteiger partial charge < -0.3 is 4.90 Å². The summed E-state index contributed by atoms with van der Waals surface area (Å²) in [5, 5.41) is 6.99. The summed E-state index contributed by atoms with van der Waals surface area (Å²) in [6.45, 7) is 3.52.